The number of hydrogen-bond donors (Lipinski definition) is 0. The molecule has 0 aromatic heterocycles. The summed E-state index contributed by atoms with van der Waals surface area (Å²) in [5.74, 6) is -0.835. The zero-order valence-electron chi connectivity index (χ0n) is 42.9. The van der Waals surface area contributed by atoms with Gasteiger partial charge in [-0.3, -0.25) is 14.4 Å². The first-order chi connectivity index (χ1) is 31.0. The van der Waals surface area contributed by atoms with Crippen molar-refractivity contribution in [2.75, 3.05) is 13.2 Å². The van der Waals surface area contributed by atoms with Crippen LogP contribution in [0.15, 0.2) is 0 Å². The Labute approximate surface area is 393 Å². The lowest BCUT2D eigenvalue weighted by molar-refractivity contribution is -0.167. The third-order valence-electron chi connectivity index (χ3n) is 13.1. The number of unbranched alkanes of at least 4 members (excludes halogenated alkanes) is 42. The summed E-state index contributed by atoms with van der Waals surface area (Å²) < 4.78 is 16.9. The maximum absolute atomic E-state index is 12.8. The molecular formula is C57H110O6. The zero-order valence-corrected chi connectivity index (χ0v) is 42.9. The molecule has 63 heavy (non-hydrogen) atoms. The van der Waals surface area contributed by atoms with E-state index in [1.807, 2.05) is 0 Å². The Morgan fingerprint density at radius 1 is 0.254 bits per heavy atom. The van der Waals surface area contributed by atoms with Gasteiger partial charge in [-0.05, 0) is 19.3 Å². The van der Waals surface area contributed by atoms with Gasteiger partial charge >= 0.3 is 17.9 Å². The van der Waals surface area contributed by atoms with Crippen molar-refractivity contribution in [2.45, 2.75) is 335 Å². The summed E-state index contributed by atoms with van der Waals surface area (Å²) in [6, 6.07) is 0. The monoisotopic (exact) mass is 891 g/mol. The summed E-state index contributed by atoms with van der Waals surface area (Å²) in [5, 5.41) is 0. The third kappa shape index (κ3) is 51.3. The Morgan fingerprint density at radius 3 is 0.635 bits per heavy atom. The van der Waals surface area contributed by atoms with Crippen LogP contribution in [0.25, 0.3) is 0 Å². The fourth-order valence-corrected chi connectivity index (χ4v) is 8.80. The molecule has 0 aliphatic rings. The van der Waals surface area contributed by atoms with E-state index in [0.717, 1.165) is 57.8 Å². The summed E-state index contributed by atoms with van der Waals surface area (Å²) in [7, 11) is 0. The minimum absolute atomic E-state index is 0.0613. The predicted molar refractivity (Wildman–Crippen MR) is 270 cm³/mol. The van der Waals surface area contributed by atoms with E-state index in [-0.39, 0.29) is 31.1 Å². The number of ether oxygens (including phenoxy) is 3. The highest BCUT2D eigenvalue weighted by Gasteiger charge is 2.19. The first kappa shape index (κ1) is 61.4. The molecule has 0 saturated carbocycles. The van der Waals surface area contributed by atoms with Crippen molar-refractivity contribution in [3.05, 3.63) is 0 Å². The van der Waals surface area contributed by atoms with Crippen LogP contribution in [0.5, 0.6) is 0 Å². The van der Waals surface area contributed by atoms with Gasteiger partial charge in [0.25, 0.3) is 0 Å². The molecule has 0 aromatic rings. The van der Waals surface area contributed by atoms with Crippen molar-refractivity contribution in [2.24, 2.45) is 0 Å². The predicted octanol–water partition coefficient (Wildman–Crippen LogP) is 18.8. The average molecular weight is 892 g/mol. The molecule has 0 fully saturated rings. The van der Waals surface area contributed by atoms with Crippen molar-refractivity contribution in [3.63, 3.8) is 0 Å². The second-order valence-corrected chi connectivity index (χ2v) is 19.6. The summed E-state index contributed by atoms with van der Waals surface area (Å²) in [6.45, 7) is 6.70. The maximum atomic E-state index is 12.8. The average Bonchev–Trinajstić information content (AvgIpc) is 3.28. The molecule has 1 atom stereocenters. The van der Waals surface area contributed by atoms with Crippen LogP contribution in [0, 0.1) is 0 Å². The minimum atomic E-state index is -0.760. The van der Waals surface area contributed by atoms with E-state index in [0.29, 0.717) is 19.3 Å². The van der Waals surface area contributed by atoms with E-state index in [1.165, 1.54) is 231 Å². The topological polar surface area (TPSA) is 78.9 Å². The molecule has 0 unspecified atom stereocenters. The zero-order chi connectivity index (χ0) is 45.8. The molecular weight excluding hydrogens is 781 g/mol. The van der Waals surface area contributed by atoms with Crippen molar-refractivity contribution >= 4 is 17.9 Å². The number of carbonyl (C=O) groups excluding carboxylic acids is 3. The highest BCUT2D eigenvalue weighted by molar-refractivity contribution is 5.71. The van der Waals surface area contributed by atoms with Crippen molar-refractivity contribution in [3.8, 4) is 0 Å². The highest BCUT2D eigenvalue weighted by Crippen LogP contribution is 2.18. The molecule has 0 radical (unpaired) electrons. The largest absolute Gasteiger partial charge is 0.462 e. The molecule has 0 heterocycles. The molecule has 6 heteroatoms. The summed E-state index contributed by atoms with van der Waals surface area (Å²) in [5.41, 5.74) is 0. The van der Waals surface area contributed by atoms with Crippen molar-refractivity contribution < 1.29 is 28.6 Å². The van der Waals surface area contributed by atoms with Gasteiger partial charge in [-0.1, -0.05) is 290 Å². The van der Waals surface area contributed by atoms with Crippen molar-refractivity contribution in [1.29, 1.82) is 0 Å². The third-order valence-corrected chi connectivity index (χ3v) is 13.1. The molecule has 0 rings (SSSR count). The van der Waals surface area contributed by atoms with E-state index >= 15 is 0 Å². The van der Waals surface area contributed by atoms with E-state index in [2.05, 4.69) is 20.8 Å². The van der Waals surface area contributed by atoms with Crippen LogP contribution in [0.3, 0.4) is 0 Å². The van der Waals surface area contributed by atoms with Crippen LogP contribution < -0.4 is 0 Å². The number of rotatable bonds is 53. The van der Waals surface area contributed by atoms with E-state index in [1.54, 1.807) is 0 Å². The van der Waals surface area contributed by atoms with Gasteiger partial charge < -0.3 is 14.2 Å². The smallest absolute Gasteiger partial charge is 0.306 e. The Balaban J connectivity index is 4.22. The standard InChI is InChI=1S/C57H110O6/c1-4-7-10-13-16-19-22-24-26-27-28-29-31-33-36-38-41-44-47-50-56(59)62-53-54(63-57(60)51-48-45-42-39-34-21-18-15-12-9-6-3)52-61-55(58)49-46-43-40-37-35-32-30-25-23-20-17-14-11-8-5-2/h54H,4-53H2,1-3H3/t54-/m1/s1. The fourth-order valence-electron chi connectivity index (χ4n) is 8.80. The second kappa shape index (κ2) is 53.0. The van der Waals surface area contributed by atoms with E-state index in [9.17, 15) is 14.4 Å². The lowest BCUT2D eigenvalue weighted by atomic mass is 10.0. The fraction of sp³-hybridized carbons (Fsp3) is 0.947. The molecule has 0 N–H and O–H groups in total. The Bertz CT molecular complexity index is 936. The van der Waals surface area contributed by atoms with Gasteiger partial charge in [-0.25, -0.2) is 0 Å². The van der Waals surface area contributed by atoms with Gasteiger partial charge in [-0.2, -0.15) is 0 Å². The molecule has 0 aliphatic carbocycles. The maximum Gasteiger partial charge on any atom is 0.306 e. The quantitative estimate of drug-likeness (QED) is 0.0344. The lowest BCUT2D eigenvalue weighted by Gasteiger charge is -2.18. The van der Waals surface area contributed by atoms with Gasteiger partial charge in [0, 0.05) is 19.3 Å². The van der Waals surface area contributed by atoms with E-state index in [4.69, 9.17) is 14.2 Å². The second-order valence-electron chi connectivity index (χ2n) is 19.6. The van der Waals surface area contributed by atoms with Gasteiger partial charge in [0.1, 0.15) is 13.2 Å². The number of hydrogen-bond acceptors (Lipinski definition) is 6. The van der Waals surface area contributed by atoms with Crippen LogP contribution in [0.1, 0.15) is 329 Å². The normalized spacial score (nSPS) is 11.9. The molecule has 0 spiro atoms. The molecule has 0 bridgehead atoms. The van der Waals surface area contributed by atoms with E-state index < -0.39 is 6.10 Å². The molecule has 374 valence electrons. The molecule has 0 saturated heterocycles. The van der Waals surface area contributed by atoms with Crippen LogP contribution >= 0.6 is 0 Å². The highest BCUT2D eigenvalue weighted by atomic mass is 16.6. The Hall–Kier alpha value is -1.59. The number of carbonyl (C=O) groups is 3. The Morgan fingerprint density at radius 2 is 0.429 bits per heavy atom. The molecule has 0 aromatic carbocycles. The van der Waals surface area contributed by atoms with Gasteiger partial charge in [0.2, 0.25) is 0 Å². The van der Waals surface area contributed by atoms with Crippen molar-refractivity contribution in [1.82, 2.24) is 0 Å². The van der Waals surface area contributed by atoms with Crippen LogP contribution in [-0.2, 0) is 28.6 Å². The van der Waals surface area contributed by atoms with Gasteiger partial charge in [0.15, 0.2) is 6.10 Å². The minimum Gasteiger partial charge on any atom is -0.462 e. The first-order valence-corrected chi connectivity index (χ1v) is 28.5. The Kier molecular flexibility index (Phi) is 51.7. The van der Waals surface area contributed by atoms with Gasteiger partial charge in [0.05, 0.1) is 0 Å². The van der Waals surface area contributed by atoms with Crippen LogP contribution in [0.4, 0.5) is 0 Å². The van der Waals surface area contributed by atoms with Gasteiger partial charge in [-0.15, -0.1) is 0 Å². The van der Waals surface area contributed by atoms with Crippen LogP contribution in [0.2, 0.25) is 0 Å². The molecule has 0 amide bonds. The SMILES string of the molecule is CCCCCCCCCCCCCCCCCCCCCC(=O)OC[C@@H](COC(=O)CCCCCCCCCCCCCCCCC)OC(=O)CCCCCCCCCCCCC. The number of esters is 3. The lowest BCUT2D eigenvalue weighted by Crippen LogP contribution is -2.30. The molecule has 0 aliphatic heterocycles. The van der Waals surface area contributed by atoms with Crippen LogP contribution in [-0.4, -0.2) is 37.2 Å². The summed E-state index contributed by atoms with van der Waals surface area (Å²) in [4.78, 5) is 38.0. The first-order valence-electron chi connectivity index (χ1n) is 28.5. The summed E-state index contributed by atoms with van der Waals surface area (Å²) >= 11 is 0. The summed E-state index contributed by atoms with van der Waals surface area (Å²) in [6.07, 6.45) is 58.1. The molecule has 6 nitrogen and oxygen atoms in total.